The Morgan fingerprint density at radius 1 is 1.03 bits per heavy atom. The summed E-state index contributed by atoms with van der Waals surface area (Å²) in [5, 5.41) is 3.22. The Kier molecular flexibility index (Phi) is 4.78. The van der Waals surface area contributed by atoms with Gasteiger partial charge in [-0.05, 0) is 43.2 Å². The van der Waals surface area contributed by atoms with Gasteiger partial charge in [0.15, 0.2) is 0 Å². The zero-order chi connectivity index (χ0) is 21.4. The highest BCUT2D eigenvalue weighted by Crippen LogP contribution is 2.34. The summed E-state index contributed by atoms with van der Waals surface area (Å²) in [6, 6.07) is 13.6. The van der Waals surface area contributed by atoms with Crippen LogP contribution in [-0.4, -0.2) is 29.2 Å². The predicted octanol–water partition coefficient (Wildman–Crippen LogP) is 4.73. The molecule has 3 aromatic rings. The van der Waals surface area contributed by atoms with Crippen molar-refractivity contribution in [1.29, 1.82) is 0 Å². The highest BCUT2D eigenvalue weighted by atomic mass is 16.5. The molecule has 5 rings (SSSR count). The summed E-state index contributed by atoms with van der Waals surface area (Å²) >= 11 is 0. The molecular formula is C24H23N5O2. The van der Waals surface area contributed by atoms with E-state index in [-0.39, 0.29) is 6.03 Å². The molecule has 2 aromatic carbocycles. The maximum atomic E-state index is 13.6. The Bertz CT molecular complexity index is 1170. The molecule has 0 fully saturated rings. The number of aryl methyl sites for hydroxylation is 2. The number of nitrogens with zero attached hydrogens (tertiary/aromatic N) is 4. The Morgan fingerprint density at radius 2 is 1.84 bits per heavy atom. The maximum absolute atomic E-state index is 13.6. The van der Waals surface area contributed by atoms with Gasteiger partial charge in [-0.15, -0.1) is 0 Å². The number of urea groups is 1. The third-order valence-corrected chi connectivity index (χ3v) is 5.49. The zero-order valence-corrected chi connectivity index (χ0v) is 17.5. The lowest BCUT2D eigenvalue weighted by Crippen LogP contribution is -2.48. The Labute approximate surface area is 181 Å². The van der Waals surface area contributed by atoms with Gasteiger partial charge in [-0.1, -0.05) is 30.3 Å². The average Bonchev–Trinajstić information content (AvgIpc) is 2.76. The third kappa shape index (κ3) is 3.59. The van der Waals surface area contributed by atoms with Crippen LogP contribution in [0.1, 0.15) is 16.7 Å². The van der Waals surface area contributed by atoms with E-state index in [2.05, 4.69) is 10.3 Å². The molecule has 2 amide bonds. The normalized spacial score (nSPS) is 16.4. The lowest BCUT2D eigenvalue weighted by Gasteiger charge is -2.37. The van der Waals surface area contributed by atoms with E-state index in [9.17, 15) is 4.79 Å². The molecule has 7 nitrogen and oxygen atoms in total. The van der Waals surface area contributed by atoms with Crippen LogP contribution in [0.2, 0.25) is 0 Å². The van der Waals surface area contributed by atoms with Crippen LogP contribution in [-0.2, 0) is 6.54 Å². The van der Waals surface area contributed by atoms with Gasteiger partial charge in [0.2, 0.25) is 5.95 Å². The lowest BCUT2D eigenvalue weighted by molar-refractivity contribution is 0.250. The van der Waals surface area contributed by atoms with Crippen molar-refractivity contribution in [3.05, 3.63) is 77.5 Å². The molecule has 0 atom stereocenters. The van der Waals surface area contributed by atoms with Gasteiger partial charge in [0.25, 0.3) is 0 Å². The van der Waals surface area contributed by atoms with Crippen molar-refractivity contribution in [2.24, 2.45) is 0 Å². The number of carbonyl (C=O) groups is 1. The molecule has 2 aliphatic rings. The number of ether oxygens (including phenoxy) is 1. The van der Waals surface area contributed by atoms with Gasteiger partial charge in [0.1, 0.15) is 18.2 Å². The summed E-state index contributed by atoms with van der Waals surface area (Å²) in [7, 11) is 0. The van der Waals surface area contributed by atoms with E-state index in [1.54, 1.807) is 11.1 Å². The fraction of sp³-hybridized carbons (Fsp3) is 0.208. The first-order chi connectivity index (χ1) is 15.1. The van der Waals surface area contributed by atoms with Crippen molar-refractivity contribution >= 4 is 29.2 Å². The monoisotopic (exact) mass is 413 g/mol. The van der Waals surface area contributed by atoms with Crippen molar-refractivity contribution in [1.82, 2.24) is 9.97 Å². The van der Waals surface area contributed by atoms with Gasteiger partial charge < -0.3 is 10.1 Å². The fourth-order valence-corrected chi connectivity index (χ4v) is 4.03. The molecule has 0 saturated carbocycles. The summed E-state index contributed by atoms with van der Waals surface area (Å²) in [6.07, 6.45) is 5.66. The second-order valence-electron chi connectivity index (χ2n) is 7.70. The molecule has 0 aliphatic carbocycles. The number of anilines is 4. The second-order valence-corrected chi connectivity index (χ2v) is 7.70. The van der Waals surface area contributed by atoms with Gasteiger partial charge in [-0.2, -0.15) is 4.98 Å². The van der Waals surface area contributed by atoms with Crippen molar-refractivity contribution in [2.75, 3.05) is 28.3 Å². The number of amides is 2. The number of hydrogen-bond acceptors (Lipinski definition) is 5. The van der Waals surface area contributed by atoms with Crippen LogP contribution in [0.5, 0.6) is 5.75 Å². The Balaban J connectivity index is 1.59. The molecule has 0 spiro atoms. The van der Waals surface area contributed by atoms with E-state index in [0.717, 1.165) is 33.8 Å². The minimum Gasteiger partial charge on any atom is -0.489 e. The largest absolute Gasteiger partial charge is 0.489 e. The number of rotatable bonds is 1. The molecule has 4 bridgehead atoms. The molecule has 7 heteroatoms. The zero-order valence-electron chi connectivity index (χ0n) is 17.5. The highest BCUT2D eigenvalue weighted by molar-refractivity contribution is 6.06. The smallest absolute Gasteiger partial charge is 0.330 e. The van der Waals surface area contributed by atoms with Crippen LogP contribution in [0, 0.1) is 13.8 Å². The van der Waals surface area contributed by atoms with E-state index in [4.69, 9.17) is 9.72 Å². The summed E-state index contributed by atoms with van der Waals surface area (Å²) < 4.78 is 5.79. The Morgan fingerprint density at radius 3 is 2.68 bits per heavy atom. The number of benzene rings is 2. The quantitative estimate of drug-likeness (QED) is 0.584. The number of nitrogens with one attached hydrogen (secondary N) is 1. The minimum absolute atomic E-state index is 0.101. The molecule has 1 aromatic heterocycles. The van der Waals surface area contributed by atoms with Crippen LogP contribution in [0.15, 0.2) is 60.8 Å². The van der Waals surface area contributed by atoms with E-state index in [0.29, 0.717) is 31.5 Å². The number of aromatic nitrogens is 2. The van der Waals surface area contributed by atoms with Crippen molar-refractivity contribution < 1.29 is 9.53 Å². The summed E-state index contributed by atoms with van der Waals surface area (Å²) in [5.41, 5.74) is 4.79. The van der Waals surface area contributed by atoms with E-state index in [1.807, 2.05) is 73.4 Å². The maximum Gasteiger partial charge on any atom is 0.330 e. The summed E-state index contributed by atoms with van der Waals surface area (Å²) in [4.78, 5) is 26.3. The average molecular weight is 413 g/mol. The van der Waals surface area contributed by atoms with Crippen molar-refractivity contribution in [3.8, 4) is 5.75 Å². The van der Waals surface area contributed by atoms with E-state index < -0.39 is 0 Å². The standard InChI is InChI=1S/C24H23N5O2/c1-16-7-5-8-17(2)21(16)29-15-18-14-25-23-26-19-9-6-10-20(13-19)31-12-4-3-11-28(24(29)30)22(18)27-23/h3-10,13-14H,11-12,15H2,1-2H3,(H,25,26,27)/b4-3-. The first kappa shape index (κ1) is 19.1. The molecule has 156 valence electrons. The van der Waals surface area contributed by atoms with Gasteiger partial charge >= 0.3 is 6.03 Å². The first-order valence-electron chi connectivity index (χ1n) is 10.3. The van der Waals surface area contributed by atoms with Gasteiger partial charge in [-0.3, -0.25) is 9.80 Å². The molecule has 31 heavy (non-hydrogen) atoms. The van der Waals surface area contributed by atoms with Crippen LogP contribution in [0.3, 0.4) is 0 Å². The lowest BCUT2D eigenvalue weighted by atomic mass is 10.1. The molecule has 0 saturated heterocycles. The van der Waals surface area contributed by atoms with E-state index >= 15 is 0 Å². The second kappa shape index (κ2) is 7.75. The van der Waals surface area contributed by atoms with Gasteiger partial charge in [0, 0.05) is 30.1 Å². The molecule has 0 unspecified atom stereocenters. The van der Waals surface area contributed by atoms with Crippen LogP contribution in [0.4, 0.5) is 27.9 Å². The van der Waals surface area contributed by atoms with E-state index in [1.165, 1.54) is 0 Å². The minimum atomic E-state index is -0.101. The topological polar surface area (TPSA) is 70.6 Å². The Hall–Kier alpha value is -3.87. The molecular weight excluding hydrogens is 390 g/mol. The molecule has 1 N–H and O–H groups in total. The first-order valence-corrected chi connectivity index (χ1v) is 10.3. The van der Waals surface area contributed by atoms with Crippen molar-refractivity contribution in [2.45, 2.75) is 20.4 Å². The predicted molar refractivity (Wildman–Crippen MR) is 121 cm³/mol. The number of fused-ring (bicyclic) bond motifs is 3. The molecule has 0 radical (unpaired) electrons. The number of hydrogen-bond donors (Lipinski definition) is 1. The number of carbonyl (C=O) groups excluding carboxylic acids is 1. The SMILES string of the molecule is Cc1cccc(C)c1N1Cc2cnc3nc2N(C/C=C\COc2cccc(c2)N3)C1=O. The highest BCUT2D eigenvalue weighted by Gasteiger charge is 2.33. The van der Waals surface area contributed by atoms with Crippen LogP contribution >= 0.6 is 0 Å². The number of para-hydroxylation sites is 1. The third-order valence-electron chi connectivity index (χ3n) is 5.49. The fourth-order valence-electron chi connectivity index (χ4n) is 4.03. The molecule has 2 aliphatic heterocycles. The van der Waals surface area contributed by atoms with Gasteiger partial charge in [0.05, 0.1) is 12.2 Å². The summed E-state index contributed by atoms with van der Waals surface area (Å²) in [6.45, 7) is 5.30. The summed E-state index contributed by atoms with van der Waals surface area (Å²) in [5.74, 6) is 1.83. The van der Waals surface area contributed by atoms with Gasteiger partial charge in [-0.25, -0.2) is 9.78 Å². The van der Waals surface area contributed by atoms with Crippen molar-refractivity contribution in [3.63, 3.8) is 0 Å². The van der Waals surface area contributed by atoms with Crippen LogP contribution in [0.25, 0.3) is 0 Å². The van der Waals surface area contributed by atoms with Crippen LogP contribution < -0.4 is 19.9 Å². The molecule has 3 heterocycles.